The van der Waals surface area contributed by atoms with Crippen molar-refractivity contribution in [3.8, 4) is 0 Å². The van der Waals surface area contributed by atoms with Crippen LogP contribution in [0.1, 0.15) is 30.9 Å². The molecule has 0 fully saturated rings. The topological polar surface area (TPSA) is 36.4 Å². The highest BCUT2D eigenvalue weighted by atomic mass is 15.2. The molecule has 0 heterocycles. The second kappa shape index (κ2) is 6.94. The number of hydrogen-bond acceptors (Lipinski definition) is 1. The maximum absolute atomic E-state index is 4.16. The van der Waals surface area contributed by atoms with Gasteiger partial charge in [0.2, 0.25) is 0 Å². The molecule has 0 aliphatic carbocycles. The molecular weight excluding hydrogens is 210 g/mol. The fraction of sp³-hybridized carbons (Fsp3) is 0.500. The molecule has 0 radical (unpaired) electrons. The predicted octanol–water partition coefficient (Wildman–Crippen LogP) is 2.28. The Morgan fingerprint density at radius 2 is 2.12 bits per heavy atom. The molecule has 0 bridgehead atoms. The Balaban J connectivity index is 2.52. The van der Waals surface area contributed by atoms with E-state index >= 15 is 0 Å². The van der Waals surface area contributed by atoms with Gasteiger partial charge in [-0.25, -0.2) is 0 Å². The summed E-state index contributed by atoms with van der Waals surface area (Å²) < 4.78 is 0. The zero-order chi connectivity index (χ0) is 12.7. The van der Waals surface area contributed by atoms with Crippen molar-refractivity contribution in [2.24, 2.45) is 4.99 Å². The van der Waals surface area contributed by atoms with Crippen molar-refractivity contribution in [1.82, 2.24) is 10.6 Å². The van der Waals surface area contributed by atoms with Crippen LogP contribution in [0.4, 0.5) is 0 Å². The molecule has 0 aromatic heterocycles. The molecular formula is C14H23N3. The van der Waals surface area contributed by atoms with E-state index in [2.05, 4.69) is 60.7 Å². The van der Waals surface area contributed by atoms with Crippen LogP contribution in [-0.4, -0.2) is 26.1 Å². The van der Waals surface area contributed by atoms with Crippen LogP contribution in [0.15, 0.2) is 29.3 Å². The zero-order valence-corrected chi connectivity index (χ0v) is 11.2. The Morgan fingerprint density at radius 1 is 1.35 bits per heavy atom. The van der Waals surface area contributed by atoms with Gasteiger partial charge in [0.15, 0.2) is 5.96 Å². The summed E-state index contributed by atoms with van der Waals surface area (Å²) in [5.41, 5.74) is 2.68. The van der Waals surface area contributed by atoms with Crippen molar-refractivity contribution in [2.75, 3.05) is 20.1 Å². The molecule has 1 unspecified atom stereocenters. The van der Waals surface area contributed by atoms with E-state index in [1.54, 1.807) is 7.05 Å². The number of aryl methyl sites for hydroxylation is 1. The molecule has 17 heavy (non-hydrogen) atoms. The van der Waals surface area contributed by atoms with E-state index in [9.17, 15) is 0 Å². The van der Waals surface area contributed by atoms with Gasteiger partial charge in [-0.15, -0.1) is 0 Å². The molecule has 0 aliphatic rings. The van der Waals surface area contributed by atoms with E-state index in [4.69, 9.17) is 0 Å². The average Bonchev–Trinajstić information content (AvgIpc) is 2.34. The van der Waals surface area contributed by atoms with Crippen LogP contribution in [0.5, 0.6) is 0 Å². The number of hydrogen-bond donors (Lipinski definition) is 2. The highest BCUT2D eigenvalue weighted by molar-refractivity contribution is 5.79. The maximum Gasteiger partial charge on any atom is 0.190 e. The van der Waals surface area contributed by atoms with Crippen LogP contribution in [0.3, 0.4) is 0 Å². The maximum atomic E-state index is 4.16. The first-order valence-corrected chi connectivity index (χ1v) is 6.18. The van der Waals surface area contributed by atoms with Crippen LogP contribution >= 0.6 is 0 Å². The van der Waals surface area contributed by atoms with E-state index in [1.807, 2.05) is 0 Å². The number of rotatable bonds is 4. The summed E-state index contributed by atoms with van der Waals surface area (Å²) >= 11 is 0. The van der Waals surface area contributed by atoms with Gasteiger partial charge in [-0.05, 0) is 25.3 Å². The number of benzene rings is 1. The van der Waals surface area contributed by atoms with Crippen LogP contribution in [0.2, 0.25) is 0 Å². The first-order valence-electron chi connectivity index (χ1n) is 6.18. The number of aliphatic imine (C=N–C) groups is 1. The molecule has 3 nitrogen and oxygen atoms in total. The number of guanidine groups is 1. The van der Waals surface area contributed by atoms with Crippen LogP contribution in [-0.2, 0) is 0 Å². The minimum atomic E-state index is 0.477. The first kappa shape index (κ1) is 13.6. The van der Waals surface area contributed by atoms with Crippen molar-refractivity contribution in [1.29, 1.82) is 0 Å². The fourth-order valence-corrected chi connectivity index (χ4v) is 1.73. The molecule has 0 saturated heterocycles. The Labute approximate surface area is 104 Å². The van der Waals surface area contributed by atoms with Gasteiger partial charge in [0.05, 0.1) is 0 Å². The van der Waals surface area contributed by atoms with Crippen LogP contribution in [0, 0.1) is 6.92 Å². The summed E-state index contributed by atoms with van der Waals surface area (Å²) in [7, 11) is 1.79. The lowest BCUT2D eigenvalue weighted by Gasteiger charge is -2.16. The molecule has 94 valence electrons. The second-order valence-corrected chi connectivity index (χ2v) is 4.30. The molecule has 0 amide bonds. The third kappa shape index (κ3) is 4.47. The van der Waals surface area contributed by atoms with Crippen molar-refractivity contribution in [2.45, 2.75) is 26.7 Å². The third-order valence-corrected chi connectivity index (χ3v) is 2.75. The van der Waals surface area contributed by atoms with Gasteiger partial charge in [0.1, 0.15) is 0 Å². The summed E-state index contributed by atoms with van der Waals surface area (Å²) in [6.07, 6.45) is 0. The lowest BCUT2D eigenvalue weighted by atomic mass is 9.99. The molecule has 0 aliphatic heterocycles. The van der Waals surface area contributed by atoms with Crippen molar-refractivity contribution < 1.29 is 0 Å². The molecule has 0 saturated carbocycles. The molecule has 1 rings (SSSR count). The van der Waals surface area contributed by atoms with E-state index < -0.39 is 0 Å². The highest BCUT2D eigenvalue weighted by Gasteiger charge is 2.06. The standard InChI is InChI=1S/C14H23N3/c1-5-16-14(15-4)17-10-12(3)13-8-6-7-11(2)9-13/h6-9,12H,5,10H2,1-4H3,(H2,15,16,17). The second-order valence-electron chi connectivity index (χ2n) is 4.30. The molecule has 1 aromatic carbocycles. The molecule has 3 heteroatoms. The Hall–Kier alpha value is -1.51. The Bertz CT molecular complexity index is 371. The van der Waals surface area contributed by atoms with Crippen LogP contribution < -0.4 is 10.6 Å². The van der Waals surface area contributed by atoms with Gasteiger partial charge in [-0.3, -0.25) is 4.99 Å². The highest BCUT2D eigenvalue weighted by Crippen LogP contribution is 2.15. The normalized spacial score (nSPS) is 13.3. The Kier molecular flexibility index (Phi) is 5.53. The monoisotopic (exact) mass is 233 g/mol. The lowest BCUT2D eigenvalue weighted by Crippen LogP contribution is -2.38. The largest absolute Gasteiger partial charge is 0.357 e. The summed E-state index contributed by atoms with van der Waals surface area (Å²) in [5, 5.41) is 6.52. The quantitative estimate of drug-likeness (QED) is 0.618. The molecule has 1 atom stereocenters. The molecule has 1 aromatic rings. The molecule has 2 N–H and O–H groups in total. The van der Waals surface area contributed by atoms with Crippen molar-refractivity contribution in [3.63, 3.8) is 0 Å². The minimum Gasteiger partial charge on any atom is -0.357 e. The van der Waals surface area contributed by atoms with Crippen LogP contribution in [0.25, 0.3) is 0 Å². The first-order chi connectivity index (χ1) is 8.17. The zero-order valence-electron chi connectivity index (χ0n) is 11.2. The minimum absolute atomic E-state index is 0.477. The predicted molar refractivity (Wildman–Crippen MR) is 74.6 cm³/mol. The average molecular weight is 233 g/mol. The summed E-state index contributed by atoms with van der Waals surface area (Å²) in [6.45, 7) is 8.20. The molecule has 0 spiro atoms. The number of nitrogens with one attached hydrogen (secondary N) is 2. The van der Waals surface area contributed by atoms with E-state index in [-0.39, 0.29) is 0 Å². The third-order valence-electron chi connectivity index (χ3n) is 2.75. The summed E-state index contributed by atoms with van der Waals surface area (Å²) in [4.78, 5) is 4.16. The van der Waals surface area contributed by atoms with Gasteiger partial charge in [0, 0.05) is 20.1 Å². The van der Waals surface area contributed by atoms with E-state index in [1.165, 1.54) is 11.1 Å². The van der Waals surface area contributed by atoms with E-state index in [0.717, 1.165) is 19.0 Å². The van der Waals surface area contributed by atoms with Gasteiger partial charge in [-0.1, -0.05) is 36.8 Å². The van der Waals surface area contributed by atoms with Crippen molar-refractivity contribution in [3.05, 3.63) is 35.4 Å². The summed E-state index contributed by atoms with van der Waals surface area (Å²) in [5.74, 6) is 1.34. The smallest absolute Gasteiger partial charge is 0.190 e. The van der Waals surface area contributed by atoms with Gasteiger partial charge >= 0.3 is 0 Å². The summed E-state index contributed by atoms with van der Waals surface area (Å²) in [6, 6.07) is 8.65. The lowest BCUT2D eigenvalue weighted by molar-refractivity contribution is 0.702. The SMILES string of the molecule is CCNC(=NC)NCC(C)c1cccc(C)c1. The van der Waals surface area contributed by atoms with E-state index in [0.29, 0.717) is 5.92 Å². The Morgan fingerprint density at radius 3 is 2.71 bits per heavy atom. The van der Waals surface area contributed by atoms with Gasteiger partial charge in [-0.2, -0.15) is 0 Å². The van der Waals surface area contributed by atoms with Crippen molar-refractivity contribution >= 4 is 5.96 Å². The number of nitrogens with zero attached hydrogens (tertiary/aromatic N) is 1. The van der Waals surface area contributed by atoms with Gasteiger partial charge < -0.3 is 10.6 Å². The fourth-order valence-electron chi connectivity index (χ4n) is 1.73. The van der Waals surface area contributed by atoms with Gasteiger partial charge in [0.25, 0.3) is 0 Å².